The molecule has 0 aliphatic heterocycles. The summed E-state index contributed by atoms with van der Waals surface area (Å²) >= 11 is 1.88. The van der Waals surface area contributed by atoms with Gasteiger partial charge >= 0.3 is 0 Å². The lowest BCUT2D eigenvalue weighted by Gasteiger charge is -2.21. The Hall–Kier alpha value is -5.50. The van der Waals surface area contributed by atoms with E-state index in [1.54, 1.807) is 0 Å². The Bertz CT molecular complexity index is 2450. The van der Waals surface area contributed by atoms with Gasteiger partial charge in [-0.3, -0.25) is 0 Å². The molecule has 0 saturated carbocycles. The highest BCUT2D eigenvalue weighted by Gasteiger charge is 2.22. The predicted molar refractivity (Wildman–Crippen MR) is 196 cm³/mol. The number of rotatable bonds is 4. The lowest BCUT2D eigenvalue weighted by Crippen LogP contribution is -1.93. The first kappa shape index (κ1) is 25.9. The summed E-state index contributed by atoms with van der Waals surface area (Å²) in [7, 11) is 0. The van der Waals surface area contributed by atoms with Crippen molar-refractivity contribution in [2.45, 2.75) is 0 Å². The lowest BCUT2D eigenvalue weighted by molar-refractivity contribution is 1.61. The van der Waals surface area contributed by atoms with Gasteiger partial charge in [-0.1, -0.05) is 158 Å². The average molecular weight is 589 g/mol. The molecule has 0 aliphatic carbocycles. The maximum Gasteiger partial charge on any atom is 0.0362 e. The second kappa shape index (κ2) is 10.6. The largest absolute Gasteiger partial charge is 0.135 e. The van der Waals surface area contributed by atoms with Crippen LogP contribution in [0.1, 0.15) is 0 Å². The van der Waals surface area contributed by atoms with E-state index in [-0.39, 0.29) is 0 Å². The minimum absolute atomic E-state index is 1.23. The SMILES string of the molecule is c1ccc(-c2ccc(-c3c4ccccc4c(-c4c(-c5ccccc5)ccc5sc6ccccc6c45)c4ccccc34)cc2)cc1. The van der Waals surface area contributed by atoms with Crippen molar-refractivity contribution < 1.29 is 0 Å². The van der Waals surface area contributed by atoms with E-state index in [1.165, 1.54) is 86.2 Å². The van der Waals surface area contributed by atoms with Gasteiger partial charge < -0.3 is 0 Å². The van der Waals surface area contributed by atoms with Crippen LogP contribution in [0, 0.1) is 0 Å². The molecule has 0 saturated heterocycles. The van der Waals surface area contributed by atoms with Crippen molar-refractivity contribution in [1.29, 1.82) is 0 Å². The molecule has 8 aromatic carbocycles. The molecule has 0 atom stereocenters. The van der Waals surface area contributed by atoms with Crippen LogP contribution in [0.4, 0.5) is 0 Å². The molecule has 0 nitrogen and oxygen atoms in total. The molecule has 0 amide bonds. The smallest absolute Gasteiger partial charge is 0.0362 e. The van der Waals surface area contributed by atoms with Crippen molar-refractivity contribution in [1.82, 2.24) is 0 Å². The highest BCUT2D eigenvalue weighted by atomic mass is 32.1. The normalized spacial score (nSPS) is 11.6. The fourth-order valence-corrected chi connectivity index (χ4v) is 8.22. The number of hydrogen-bond acceptors (Lipinski definition) is 1. The minimum Gasteiger partial charge on any atom is -0.135 e. The van der Waals surface area contributed by atoms with Crippen molar-refractivity contribution >= 4 is 53.1 Å². The molecular weight excluding hydrogens is 561 g/mol. The van der Waals surface area contributed by atoms with E-state index in [0.717, 1.165) is 0 Å². The fourth-order valence-electron chi connectivity index (χ4n) is 7.10. The molecule has 9 rings (SSSR count). The van der Waals surface area contributed by atoms with Gasteiger partial charge in [0.2, 0.25) is 0 Å². The second-order valence-corrected chi connectivity index (χ2v) is 12.7. The van der Waals surface area contributed by atoms with Crippen LogP contribution in [-0.4, -0.2) is 0 Å². The van der Waals surface area contributed by atoms with Gasteiger partial charge in [-0.05, 0) is 72.6 Å². The topological polar surface area (TPSA) is 0 Å². The van der Waals surface area contributed by atoms with Gasteiger partial charge in [0.1, 0.15) is 0 Å². The van der Waals surface area contributed by atoms with Gasteiger partial charge in [-0.15, -0.1) is 11.3 Å². The molecule has 0 spiro atoms. The second-order valence-electron chi connectivity index (χ2n) is 11.6. The highest BCUT2D eigenvalue weighted by Crippen LogP contribution is 2.51. The van der Waals surface area contributed by atoms with Crippen LogP contribution in [0.25, 0.3) is 86.2 Å². The summed E-state index contributed by atoms with van der Waals surface area (Å²) < 4.78 is 2.64. The summed E-state index contributed by atoms with van der Waals surface area (Å²) in [5.74, 6) is 0. The van der Waals surface area contributed by atoms with Crippen LogP contribution in [0.15, 0.2) is 170 Å². The molecule has 45 heavy (non-hydrogen) atoms. The molecular formula is C44H28S. The zero-order valence-corrected chi connectivity index (χ0v) is 25.4. The fraction of sp³-hybridized carbons (Fsp3) is 0. The zero-order chi connectivity index (χ0) is 29.7. The number of thiophene rings is 1. The van der Waals surface area contributed by atoms with Crippen LogP contribution in [0.3, 0.4) is 0 Å². The first-order valence-corrected chi connectivity index (χ1v) is 16.3. The molecule has 0 unspecified atom stereocenters. The monoisotopic (exact) mass is 588 g/mol. The van der Waals surface area contributed by atoms with E-state index in [0.29, 0.717) is 0 Å². The Kier molecular flexibility index (Phi) is 6.11. The Morgan fingerprint density at radius 2 is 0.733 bits per heavy atom. The van der Waals surface area contributed by atoms with Gasteiger partial charge in [-0.25, -0.2) is 0 Å². The Morgan fingerprint density at radius 1 is 0.267 bits per heavy atom. The van der Waals surface area contributed by atoms with Crippen LogP contribution in [-0.2, 0) is 0 Å². The Balaban J connectivity index is 1.41. The van der Waals surface area contributed by atoms with Crippen molar-refractivity contribution in [2.75, 3.05) is 0 Å². The van der Waals surface area contributed by atoms with Gasteiger partial charge in [-0.2, -0.15) is 0 Å². The summed E-state index contributed by atoms with van der Waals surface area (Å²) in [5, 5.41) is 7.76. The van der Waals surface area contributed by atoms with Gasteiger partial charge in [0.05, 0.1) is 0 Å². The molecule has 1 heteroatoms. The van der Waals surface area contributed by atoms with Crippen molar-refractivity contribution in [3.8, 4) is 44.5 Å². The van der Waals surface area contributed by atoms with E-state index in [4.69, 9.17) is 0 Å². The van der Waals surface area contributed by atoms with E-state index in [9.17, 15) is 0 Å². The molecule has 0 radical (unpaired) electrons. The molecule has 0 bridgehead atoms. The third-order valence-electron chi connectivity index (χ3n) is 9.09. The summed E-state index contributed by atoms with van der Waals surface area (Å²) in [6.45, 7) is 0. The third kappa shape index (κ3) is 4.20. The number of fused-ring (bicyclic) bond motifs is 5. The quantitative estimate of drug-likeness (QED) is 0.179. The molecule has 0 N–H and O–H groups in total. The molecule has 9 aromatic rings. The lowest BCUT2D eigenvalue weighted by atomic mass is 9.82. The highest BCUT2D eigenvalue weighted by molar-refractivity contribution is 7.26. The van der Waals surface area contributed by atoms with E-state index >= 15 is 0 Å². The van der Waals surface area contributed by atoms with E-state index in [2.05, 4.69) is 170 Å². The zero-order valence-electron chi connectivity index (χ0n) is 24.6. The van der Waals surface area contributed by atoms with Gasteiger partial charge in [0.15, 0.2) is 0 Å². The summed E-state index contributed by atoms with van der Waals surface area (Å²) in [5.41, 5.74) is 10.1. The first-order valence-electron chi connectivity index (χ1n) is 15.4. The van der Waals surface area contributed by atoms with Crippen LogP contribution >= 0.6 is 11.3 Å². The van der Waals surface area contributed by atoms with Crippen molar-refractivity contribution in [2.24, 2.45) is 0 Å². The first-order chi connectivity index (χ1) is 22.3. The molecule has 0 aliphatic rings. The molecule has 1 aromatic heterocycles. The van der Waals surface area contributed by atoms with E-state index in [1.807, 2.05) is 11.3 Å². The average Bonchev–Trinajstić information content (AvgIpc) is 3.50. The Morgan fingerprint density at radius 3 is 1.36 bits per heavy atom. The predicted octanol–water partition coefficient (Wildman–Crippen LogP) is 13.0. The van der Waals surface area contributed by atoms with Gasteiger partial charge in [0, 0.05) is 25.7 Å². The number of benzene rings is 8. The van der Waals surface area contributed by atoms with Crippen molar-refractivity contribution in [3.05, 3.63) is 170 Å². The van der Waals surface area contributed by atoms with Crippen molar-refractivity contribution in [3.63, 3.8) is 0 Å². The summed E-state index contributed by atoms with van der Waals surface area (Å²) in [4.78, 5) is 0. The molecule has 0 fully saturated rings. The van der Waals surface area contributed by atoms with Crippen LogP contribution < -0.4 is 0 Å². The van der Waals surface area contributed by atoms with Gasteiger partial charge in [0.25, 0.3) is 0 Å². The van der Waals surface area contributed by atoms with Crippen LogP contribution in [0.5, 0.6) is 0 Å². The third-order valence-corrected chi connectivity index (χ3v) is 10.2. The Labute approximate surface area is 266 Å². The molecule has 210 valence electrons. The summed E-state index contributed by atoms with van der Waals surface area (Å²) in [6, 6.07) is 62.1. The minimum atomic E-state index is 1.23. The maximum absolute atomic E-state index is 2.34. The maximum atomic E-state index is 2.34. The standard InChI is InChI=1S/C44H28S/c1-3-13-29(14-4-1)30-23-25-32(26-24-30)41-34-17-7-9-19-36(34)42(37-20-10-8-18-35(37)41)44-33(31-15-5-2-6-16-31)27-28-40-43(44)38-21-11-12-22-39(38)45-40/h1-28H. The summed E-state index contributed by atoms with van der Waals surface area (Å²) in [6.07, 6.45) is 0. The molecule has 1 heterocycles. The number of hydrogen-bond donors (Lipinski definition) is 0. The van der Waals surface area contributed by atoms with E-state index < -0.39 is 0 Å². The van der Waals surface area contributed by atoms with Crippen LogP contribution in [0.2, 0.25) is 0 Å².